The van der Waals surface area contributed by atoms with E-state index in [1.165, 1.54) is 27.9 Å². The Morgan fingerprint density at radius 1 is 1.07 bits per heavy atom. The van der Waals surface area contributed by atoms with Gasteiger partial charge in [0, 0.05) is 18.0 Å². The first-order valence-corrected chi connectivity index (χ1v) is 16.4. The first-order valence-electron chi connectivity index (χ1n) is 13.6. The quantitative estimate of drug-likeness (QED) is 0.255. The Morgan fingerprint density at radius 3 is 2.29 bits per heavy atom. The molecule has 0 spiro atoms. The number of aromatic nitrogens is 1. The van der Waals surface area contributed by atoms with E-state index in [-0.39, 0.29) is 34.0 Å². The van der Waals surface area contributed by atoms with Crippen molar-refractivity contribution in [3.8, 4) is 5.75 Å². The van der Waals surface area contributed by atoms with Crippen LogP contribution in [0.15, 0.2) is 58.3 Å². The average molecular weight is 684 g/mol. The van der Waals surface area contributed by atoms with Crippen LogP contribution < -0.4 is 9.04 Å². The van der Waals surface area contributed by atoms with Crippen molar-refractivity contribution in [1.82, 2.24) is 9.88 Å². The summed E-state index contributed by atoms with van der Waals surface area (Å²) in [4.78, 5) is 30.4. The molecule has 0 radical (unpaired) electrons. The number of ether oxygens (including phenoxy) is 3. The zero-order chi connectivity index (χ0) is 33.3. The van der Waals surface area contributed by atoms with Crippen LogP contribution in [0.3, 0.4) is 0 Å². The second kappa shape index (κ2) is 12.9. The number of nitrogens with zero attached hydrogens (tertiary/aromatic N) is 3. The van der Waals surface area contributed by atoms with E-state index in [0.29, 0.717) is 11.1 Å². The fraction of sp³-hybridized carbons (Fsp3) is 0.367. The molecule has 1 aromatic heterocycles. The lowest BCUT2D eigenvalue weighted by Gasteiger charge is -2.30. The van der Waals surface area contributed by atoms with Crippen LogP contribution in [0.4, 0.5) is 24.2 Å². The minimum atomic E-state index is -4.90. The van der Waals surface area contributed by atoms with Gasteiger partial charge in [-0.25, -0.2) is 31.8 Å². The Morgan fingerprint density at radius 2 is 1.71 bits per heavy atom. The monoisotopic (exact) mass is 683 g/mol. The van der Waals surface area contributed by atoms with Crippen molar-refractivity contribution in [3.05, 3.63) is 75.6 Å². The van der Waals surface area contributed by atoms with E-state index in [9.17, 15) is 22.4 Å². The minimum Gasteiger partial charge on any atom is -0.489 e. The number of amides is 2. The van der Waals surface area contributed by atoms with Gasteiger partial charge in [-0.3, -0.25) is 4.90 Å². The number of halogens is 3. The van der Waals surface area contributed by atoms with Crippen molar-refractivity contribution >= 4 is 56.5 Å². The van der Waals surface area contributed by atoms with E-state index in [4.69, 9.17) is 25.8 Å². The molecule has 10 nitrogen and oxygen atoms in total. The molecule has 2 aromatic carbocycles. The lowest BCUT2D eigenvalue weighted by Crippen LogP contribution is -2.43. The zero-order valence-electron chi connectivity index (χ0n) is 25.3. The number of hydrogen-bond acceptors (Lipinski definition) is 9. The summed E-state index contributed by atoms with van der Waals surface area (Å²) in [6.45, 7) is 9.72. The molecule has 0 bridgehead atoms. The van der Waals surface area contributed by atoms with Crippen molar-refractivity contribution in [3.63, 3.8) is 0 Å². The van der Waals surface area contributed by atoms with Crippen LogP contribution in [-0.2, 0) is 19.5 Å². The molecule has 0 saturated heterocycles. The fourth-order valence-electron chi connectivity index (χ4n) is 4.29. The Balaban J connectivity index is 1.64. The number of anilines is 1. The van der Waals surface area contributed by atoms with Crippen LogP contribution >= 0.6 is 22.9 Å². The summed E-state index contributed by atoms with van der Waals surface area (Å²) in [5, 5.41) is 1.01. The Hall–Kier alpha value is -3.75. The predicted octanol–water partition coefficient (Wildman–Crippen LogP) is 7.29. The molecule has 3 aromatic rings. The van der Waals surface area contributed by atoms with Gasteiger partial charge in [0.05, 0.1) is 16.6 Å². The molecule has 0 saturated carbocycles. The van der Waals surface area contributed by atoms with Gasteiger partial charge in [0.15, 0.2) is 5.82 Å². The molecule has 45 heavy (non-hydrogen) atoms. The van der Waals surface area contributed by atoms with E-state index < -0.39 is 56.0 Å². The van der Waals surface area contributed by atoms with E-state index in [2.05, 4.69) is 4.98 Å². The maximum absolute atomic E-state index is 15.6. The van der Waals surface area contributed by atoms with Gasteiger partial charge in [-0.05, 0) is 70.9 Å². The minimum absolute atomic E-state index is 0.159. The molecule has 0 N–H and O–H groups in total. The van der Waals surface area contributed by atoms with Crippen LogP contribution in [0.1, 0.15) is 47.1 Å². The summed E-state index contributed by atoms with van der Waals surface area (Å²) in [5.41, 5.74) is 0.706. The van der Waals surface area contributed by atoms with Crippen LogP contribution in [0.5, 0.6) is 5.75 Å². The molecule has 242 valence electrons. The maximum atomic E-state index is 15.6. The fourth-order valence-corrected chi connectivity index (χ4v) is 6.51. The second-order valence-corrected chi connectivity index (χ2v) is 14.8. The summed E-state index contributed by atoms with van der Waals surface area (Å²) in [5.74, 6) is -2.21. The van der Waals surface area contributed by atoms with Crippen molar-refractivity contribution in [1.29, 1.82) is 0 Å². The zero-order valence-corrected chi connectivity index (χ0v) is 27.7. The van der Waals surface area contributed by atoms with Gasteiger partial charge in [-0.15, -0.1) is 15.6 Å². The predicted molar refractivity (Wildman–Crippen MR) is 166 cm³/mol. The largest absolute Gasteiger partial charge is 0.489 e. The number of rotatable bonds is 7. The standard InChI is InChI=1S/C30H32ClF2N3O7S2/c1-29(2,3)42-27(37)35-12-11-20(18-7-9-19(32)10-8-18)23(35)15-41-24-14-22(33)25(13-21(24)31)45(39,40)36(26-16-44-17-34-26)28(38)43-30(4,5)6/h7-11,13-14,16-17,23H,12,15H2,1-6H3. The molecular weight excluding hydrogens is 652 g/mol. The molecule has 1 aliphatic rings. The van der Waals surface area contributed by atoms with Gasteiger partial charge in [0.25, 0.3) is 10.0 Å². The smallest absolute Gasteiger partial charge is 0.430 e. The first kappa shape index (κ1) is 34.1. The van der Waals surface area contributed by atoms with E-state index in [0.717, 1.165) is 23.5 Å². The summed E-state index contributed by atoms with van der Waals surface area (Å²) >= 11 is 7.42. The van der Waals surface area contributed by atoms with Gasteiger partial charge in [0.1, 0.15) is 40.1 Å². The lowest BCUT2D eigenvalue weighted by atomic mass is 10.0. The van der Waals surface area contributed by atoms with Gasteiger partial charge < -0.3 is 14.2 Å². The van der Waals surface area contributed by atoms with E-state index in [1.807, 2.05) is 0 Å². The van der Waals surface area contributed by atoms with E-state index in [1.54, 1.807) is 59.8 Å². The highest BCUT2D eigenvalue weighted by Crippen LogP contribution is 2.36. The van der Waals surface area contributed by atoms with Crippen LogP contribution in [0, 0.1) is 11.6 Å². The highest BCUT2D eigenvalue weighted by atomic mass is 35.5. The molecule has 1 aliphatic heterocycles. The van der Waals surface area contributed by atoms with Gasteiger partial charge in [-0.2, -0.15) is 0 Å². The maximum Gasteiger partial charge on any atom is 0.430 e. The summed E-state index contributed by atoms with van der Waals surface area (Å²) in [6, 6.07) is 6.51. The summed E-state index contributed by atoms with van der Waals surface area (Å²) in [6.07, 6.45) is -0.146. The van der Waals surface area contributed by atoms with Gasteiger partial charge in [-0.1, -0.05) is 29.8 Å². The Bertz CT molecular complexity index is 1700. The number of carbonyl (C=O) groups excluding carboxylic acids is 2. The lowest BCUT2D eigenvalue weighted by molar-refractivity contribution is 0.0213. The molecular formula is C30H32ClF2N3O7S2. The Labute approximate surface area is 269 Å². The van der Waals surface area contributed by atoms with E-state index >= 15 is 4.39 Å². The molecule has 1 atom stereocenters. The van der Waals surface area contributed by atoms with Crippen LogP contribution in [0.2, 0.25) is 5.02 Å². The van der Waals surface area contributed by atoms with Crippen molar-refractivity contribution < 1.29 is 41.0 Å². The van der Waals surface area contributed by atoms with Crippen LogP contribution in [-0.4, -0.2) is 60.9 Å². The van der Waals surface area contributed by atoms with Crippen LogP contribution in [0.25, 0.3) is 5.57 Å². The summed E-state index contributed by atoms with van der Waals surface area (Å²) < 4.78 is 73.3. The molecule has 1 unspecified atom stereocenters. The number of sulfonamides is 1. The highest BCUT2D eigenvalue weighted by molar-refractivity contribution is 7.93. The molecule has 0 aliphatic carbocycles. The van der Waals surface area contributed by atoms with Gasteiger partial charge >= 0.3 is 12.2 Å². The van der Waals surface area contributed by atoms with Crippen molar-refractivity contribution in [2.24, 2.45) is 0 Å². The van der Waals surface area contributed by atoms with Crippen molar-refractivity contribution in [2.45, 2.75) is 63.7 Å². The van der Waals surface area contributed by atoms with Gasteiger partial charge in [0.2, 0.25) is 0 Å². The third-order valence-corrected chi connectivity index (χ3v) is 8.69. The highest BCUT2D eigenvalue weighted by Gasteiger charge is 2.39. The summed E-state index contributed by atoms with van der Waals surface area (Å²) in [7, 11) is -4.90. The number of hydrogen-bond donors (Lipinski definition) is 0. The first-order chi connectivity index (χ1) is 20.9. The average Bonchev–Trinajstić information content (AvgIpc) is 3.57. The molecule has 4 rings (SSSR count). The second-order valence-electron chi connectivity index (χ2n) is 11.9. The molecule has 2 amide bonds. The number of carbonyl (C=O) groups is 2. The molecule has 2 heterocycles. The number of benzene rings is 2. The third-order valence-electron chi connectivity index (χ3n) is 6.14. The number of thiazole rings is 1. The molecule has 0 fully saturated rings. The topological polar surface area (TPSA) is 115 Å². The third kappa shape index (κ3) is 8.10. The SMILES string of the molecule is CC(C)(C)OC(=O)N1CC=C(c2ccc(F)cc2)C1COc1cc(F)c(S(=O)(=O)N(C(=O)OC(C)(C)C)c2cscn2)cc1Cl. The molecule has 15 heteroatoms. The normalized spacial score (nSPS) is 15.4. The van der Waals surface area contributed by atoms with Crippen molar-refractivity contribution in [2.75, 3.05) is 17.5 Å². The Kier molecular flexibility index (Phi) is 9.81.